The molecule has 0 radical (unpaired) electrons. The SMILES string of the molecule is Cc1[nH]c(=O)sc1S(=O)(=O)N1CCN(C(=O)c2cnn(Cc3ccccc3)c2)CC1. The number of hydrogen-bond donors (Lipinski definition) is 1. The lowest BCUT2D eigenvalue weighted by atomic mass is 10.2. The summed E-state index contributed by atoms with van der Waals surface area (Å²) in [6, 6.07) is 9.83. The van der Waals surface area contributed by atoms with Gasteiger partial charge in [-0.1, -0.05) is 41.7 Å². The normalized spacial score (nSPS) is 15.4. The lowest BCUT2D eigenvalue weighted by Gasteiger charge is -2.33. The maximum atomic E-state index is 12.8. The van der Waals surface area contributed by atoms with Gasteiger partial charge in [0.15, 0.2) is 4.21 Å². The van der Waals surface area contributed by atoms with Gasteiger partial charge in [0.05, 0.1) is 18.3 Å². The quantitative estimate of drug-likeness (QED) is 0.631. The van der Waals surface area contributed by atoms with Gasteiger partial charge < -0.3 is 9.88 Å². The molecule has 1 saturated heterocycles. The number of sulfonamides is 1. The molecule has 0 bridgehead atoms. The lowest BCUT2D eigenvalue weighted by molar-refractivity contribution is 0.0698. The van der Waals surface area contributed by atoms with E-state index >= 15 is 0 Å². The molecule has 1 amide bonds. The molecular weight excluding hydrogens is 426 g/mol. The van der Waals surface area contributed by atoms with Crippen molar-refractivity contribution >= 4 is 27.3 Å². The maximum absolute atomic E-state index is 12.8. The van der Waals surface area contributed by atoms with Crippen molar-refractivity contribution in [3.8, 4) is 0 Å². The van der Waals surface area contributed by atoms with Crippen molar-refractivity contribution in [2.24, 2.45) is 0 Å². The van der Waals surface area contributed by atoms with Crippen molar-refractivity contribution in [2.75, 3.05) is 26.2 Å². The smallest absolute Gasteiger partial charge is 0.305 e. The Hall–Kier alpha value is -2.76. The third-order valence-corrected chi connectivity index (χ3v) is 8.43. The fraction of sp³-hybridized carbons (Fsp3) is 0.316. The van der Waals surface area contributed by atoms with Gasteiger partial charge in [-0.2, -0.15) is 9.40 Å². The second-order valence-electron chi connectivity index (χ2n) is 7.04. The van der Waals surface area contributed by atoms with Crippen LogP contribution >= 0.6 is 11.3 Å². The molecule has 1 N–H and O–H groups in total. The van der Waals surface area contributed by atoms with E-state index in [-0.39, 0.29) is 36.3 Å². The van der Waals surface area contributed by atoms with E-state index in [9.17, 15) is 18.0 Å². The molecule has 11 heteroatoms. The molecule has 30 heavy (non-hydrogen) atoms. The molecule has 0 spiro atoms. The summed E-state index contributed by atoms with van der Waals surface area (Å²) >= 11 is 0.690. The van der Waals surface area contributed by atoms with Gasteiger partial charge in [0.2, 0.25) is 0 Å². The fourth-order valence-corrected chi connectivity index (χ4v) is 6.26. The number of thiazole rings is 1. The first-order valence-corrected chi connectivity index (χ1v) is 11.7. The number of carbonyl (C=O) groups excluding carboxylic acids is 1. The first kappa shape index (κ1) is 20.5. The zero-order valence-corrected chi connectivity index (χ0v) is 17.9. The number of nitrogens with zero attached hydrogens (tertiary/aromatic N) is 4. The minimum atomic E-state index is -3.75. The Morgan fingerprint density at radius 1 is 1.17 bits per heavy atom. The molecule has 1 aliphatic rings. The minimum absolute atomic E-state index is 0.0365. The van der Waals surface area contributed by atoms with Crippen LogP contribution in [0.3, 0.4) is 0 Å². The highest BCUT2D eigenvalue weighted by Crippen LogP contribution is 2.22. The molecule has 4 rings (SSSR count). The van der Waals surface area contributed by atoms with E-state index in [0.717, 1.165) is 5.56 Å². The van der Waals surface area contributed by atoms with Crippen LogP contribution < -0.4 is 4.87 Å². The van der Waals surface area contributed by atoms with Crippen LogP contribution in [0, 0.1) is 6.92 Å². The summed E-state index contributed by atoms with van der Waals surface area (Å²) in [4.78, 5) is 28.0. The van der Waals surface area contributed by atoms with Crippen LogP contribution in [-0.2, 0) is 16.6 Å². The topological polar surface area (TPSA) is 108 Å². The predicted octanol–water partition coefficient (Wildman–Crippen LogP) is 1.14. The molecule has 0 atom stereocenters. The molecule has 3 heterocycles. The number of hydrogen-bond acceptors (Lipinski definition) is 6. The van der Waals surface area contributed by atoms with Crippen LogP contribution in [0.15, 0.2) is 51.7 Å². The van der Waals surface area contributed by atoms with Crippen molar-refractivity contribution in [3.63, 3.8) is 0 Å². The van der Waals surface area contributed by atoms with Gasteiger partial charge in [-0.25, -0.2) is 8.42 Å². The Bertz CT molecular complexity index is 1210. The highest BCUT2D eigenvalue weighted by Gasteiger charge is 2.33. The van der Waals surface area contributed by atoms with Crippen molar-refractivity contribution in [3.05, 3.63) is 69.2 Å². The van der Waals surface area contributed by atoms with Crippen molar-refractivity contribution < 1.29 is 13.2 Å². The number of aromatic amines is 1. The number of rotatable bonds is 5. The molecule has 9 nitrogen and oxygen atoms in total. The van der Waals surface area contributed by atoms with E-state index in [1.165, 1.54) is 10.5 Å². The van der Waals surface area contributed by atoms with E-state index in [1.54, 1.807) is 22.7 Å². The molecule has 158 valence electrons. The summed E-state index contributed by atoms with van der Waals surface area (Å²) in [5, 5.41) is 4.26. The summed E-state index contributed by atoms with van der Waals surface area (Å²) in [6.07, 6.45) is 3.24. The monoisotopic (exact) mass is 447 g/mol. The minimum Gasteiger partial charge on any atom is -0.336 e. The van der Waals surface area contributed by atoms with Gasteiger partial charge in [0, 0.05) is 38.1 Å². The van der Waals surface area contributed by atoms with Crippen LogP contribution in [0.25, 0.3) is 0 Å². The van der Waals surface area contributed by atoms with E-state index in [2.05, 4.69) is 10.1 Å². The third kappa shape index (κ3) is 4.09. The van der Waals surface area contributed by atoms with E-state index < -0.39 is 14.9 Å². The molecule has 1 aromatic carbocycles. The molecular formula is C19H21N5O4S2. The van der Waals surface area contributed by atoms with Crippen LogP contribution in [0.4, 0.5) is 0 Å². The predicted molar refractivity (Wildman–Crippen MR) is 112 cm³/mol. The lowest BCUT2D eigenvalue weighted by Crippen LogP contribution is -2.50. The zero-order chi connectivity index (χ0) is 21.3. The highest BCUT2D eigenvalue weighted by atomic mass is 32.2. The maximum Gasteiger partial charge on any atom is 0.305 e. The van der Waals surface area contributed by atoms with E-state index in [4.69, 9.17) is 0 Å². The second kappa shape index (κ2) is 8.17. The van der Waals surface area contributed by atoms with Gasteiger partial charge in [0.1, 0.15) is 0 Å². The van der Waals surface area contributed by atoms with Crippen LogP contribution in [-0.4, -0.2) is 64.5 Å². The third-order valence-electron chi connectivity index (χ3n) is 4.95. The number of carbonyl (C=O) groups is 1. The van der Waals surface area contributed by atoms with Gasteiger partial charge in [-0.15, -0.1) is 0 Å². The number of aromatic nitrogens is 3. The average molecular weight is 448 g/mol. The summed E-state index contributed by atoms with van der Waals surface area (Å²) < 4.78 is 28.7. The molecule has 0 saturated carbocycles. The van der Waals surface area contributed by atoms with E-state index in [1.807, 2.05) is 30.3 Å². The first-order chi connectivity index (χ1) is 14.3. The summed E-state index contributed by atoms with van der Waals surface area (Å²) in [6.45, 7) is 3.05. The average Bonchev–Trinajstić information content (AvgIpc) is 3.34. The van der Waals surface area contributed by atoms with E-state index in [0.29, 0.717) is 29.1 Å². The largest absolute Gasteiger partial charge is 0.336 e. The van der Waals surface area contributed by atoms with Crippen LogP contribution in [0.5, 0.6) is 0 Å². The second-order valence-corrected chi connectivity index (χ2v) is 10.2. The summed E-state index contributed by atoms with van der Waals surface area (Å²) in [5.41, 5.74) is 1.90. The van der Waals surface area contributed by atoms with Crippen LogP contribution in [0.1, 0.15) is 21.6 Å². The Morgan fingerprint density at radius 2 is 1.87 bits per heavy atom. The number of piperazine rings is 1. The molecule has 0 aliphatic carbocycles. The number of nitrogens with one attached hydrogen (secondary N) is 1. The molecule has 1 aliphatic heterocycles. The first-order valence-electron chi connectivity index (χ1n) is 9.40. The van der Waals surface area contributed by atoms with Gasteiger partial charge >= 0.3 is 4.87 Å². The number of aryl methyl sites for hydroxylation is 1. The number of amides is 1. The molecule has 2 aromatic heterocycles. The molecule has 0 unspecified atom stereocenters. The Kier molecular flexibility index (Phi) is 5.58. The number of benzene rings is 1. The standard InChI is InChI=1S/C19H21N5O4S2/c1-14-18(29-19(26)21-14)30(27,28)24-9-7-22(8-10-24)17(25)16-11-20-23(13-16)12-15-5-3-2-4-6-15/h2-6,11,13H,7-10,12H2,1H3,(H,21,26). The zero-order valence-electron chi connectivity index (χ0n) is 16.3. The number of H-pyrrole nitrogens is 1. The Labute approximate surface area is 177 Å². The van der Waals surface area contributed by atoms with Crippen LogP contribution in [0.2, 0.25) is 0 Å². The van der Waals surface area contributed by atoms with Crippen molar-refractivity contribution in [1.82, 2.24) is 24.0 Å². The van der Waals surface area contributed by atoms with Crippen molar-refractivity contribution in [2.45, 2.75) is 17.7 Å². The molecule has 1 fully saturated rings. The fourth-order valence-electron chi connectivity index (χ4n) is 3.40. The van der Waals surface area contributed by atoms with Crippen molar-refractivity contribution in [1.29, 1.82) is 0 Å². The Morgan fingerprint density at radius 3 is 2.50 bits per heavy atom. The van der Waals surface area contributed by atoms with Gasteiger partial charge in [-0.3, -0.25) is 14.3 Å². The summed E-state index contributed by atoms with van der Waals surface area (Å²) in [7, 11) is -3.75. The molecule has 3 aromatic rings. The highest BCUT2D eigenvalue weighted by molar-refractivity contribution is 7.91. The Balaban J connectivity index is 1.40. The van der Waals surface area contributed by atoms with Gasteiger partial charge in [0.25, 0.3) is 15.9 Å². The summed E-state index contributed by atoms with van der Waals surface area (Å²) in [5.74, 6) is -0.172. The van der Waals surface area contributed by atoms with Gasteiger partial charge in [-0.05, 0) is 12.5 Å².